The number of ketones is 1. The number of benzene rings is 3. The van der Waals surface area contributed by atoms with Crippen molar-refractivity contribution in [3.63, 3.8) is 0 Å². The third kappa shape index (κ3) is 6.63. The monoisotopic (exact) mass is 511 g/mol. The summed E-state index contributed by atoms with van der Waals surface area (Å²) in [5, 5.41) is 16.0. The highest BCUT2D eigenvalue weighted by Crippen LogP contribution is 2.32. The Morgan fingerprint density at radius 3 is 2.73 bits per heavy atom. The molecule has 0 aliphatic rings. The lowest BCUT2D eigenvalue weighted by molar-refractivity contribution is 0.104. The molecule has 37 heavy (non-hydrogen) atoms. The number of phenols is 1. The summed E-state index contributed by atoms with van der Waals surface area (Å²) in [6.45, 7) is 5.29. The van der Waals surface area contributed by atoms with Crippen molar-refractivity contribution in [2.45, 2.75) is 26.2 Å². The molecule has 0 fully saturated rings. The van der Waals surface area contributed by atoms with E-state index < -0.39 is 0 Å². The molecule has 0 bridgehead atoms. The van der Waals surface area contributed by atoms with Gasteiger partial charge >= 0.3 is 0 Å². The number of phenolic OH excluding ortho intramolecular Hbond substituents is 1. The van der Waals surface area contributed by atoms with Crippen LogP contribution in [-0.2, 0) is 0 Å². The second-order valence-electron chi connectivity index (χ2n) is 8.90. The number of nitrogens with zero attached hydrogens (tertiary/aromatic N) is 2. The van der Waals surface area contributed by atoms with Gasteiger partial charge in [-0.3, -0.25) is 14.8 Å². The maximum Gasteiger partial charge on any atom is 0.185 e. The van der Waals surface area contributed by atoms with Gasteiger partial charge in [0.05, 0.1) is 12.1 Å². The molecule has 2 N–H and O–H groups in total. The first-order valence-electron chi connectivity index (χ1n) is 12.4. The minimum atomic E-state index is -0.0639. The Morgan fingerprint density at radius 1 is 1.14 bits per heavy atom. The zero-order valence-corrected chi connectivity index (χ0v) is 21.7. The molecule has 5 nitrogen and oxygen atoms in total. The lowest BCUT2D eigenvalue weighted by atomic mass is 9.93. The van der Waals surface area contributed by atoms with Gasteiger partial charge in [0.25, 0.3) is 0 Å². The Bertz CT molecular complexity index is 1450. The Balaban J connectivity index is 1.48. The number of hydrogen-bond acceptors (Lipinski definition) is 5. The van der Waals surface area contributed by atoms with Gasteiger partial charge in [-0.25, -0.2) is 0 Å². The molecule has 3 aromatic carbocycles. The number of carbonyl (C=O) groups is 1. The Kier molecular flexibility index (Phi) is 8.70. The number of hydrogen-bond donors (Lipinski definition) is 2. The van der Waals surface area contributed by atoms with Crippen molar-refractivity contribution in [2.75, 3.05) is 18.4 Å². The molecule has 0 aliphatic heterocycles. The van der Waals surface area contributed by atoms with Gasteiger partial charge in [0.1, 0.15) is 5.75 Å². The predicted octanol–water partition coefficient (Wildman–Crippen LogP) is 7.53. The number of rotatable bonds is 10. The van der Waals surface area contributed by atoms with Gasteiger partial charge in [0.15, 0.2) is 5.78 Å². The molecule has 1 unspecified atom stereocenters. The molecule has 188 valence electrons. The van der Waals surface area contributed by atoms with Crippen molar-refractivity contribution in [1.82, 2.24) is 4.98 Å². The van der Waals surface area contributed by atoms with Crippen molar-refractivity contribution >= 4 is 46.3 Å². The Hall–Kier alpha value is -3.96. The van der Waals surface area contributed by atoms with Gasteiger partial charge in [-0.1, -0.05) is 61.9 Å². The second-order valence-corrected chi connectivity index (χ2v) is 9.34. The average molecular weight is 512 g/mol. The van der Waals surface area contributed by atoms with E-state index in [1.807, 2.05) is 54.6 Å². The van der Waals surface area contributed by atoms with Crippen molar-refractivity contribution in [3.05, 3.63) is 106 Å². The second kappa shape index (κ2) is 12.3. The molecule has 4 rings (SSSR count). The molecule has 4 aromatic rings. The molecular formula is C31H30ClN3O2. The first-order chi connectivity index (χ1) is 18.0. The molecule has 1 aromatic heterocycles. The van der Waals surface area contributed by atoms with E-state index in [-0.39, 0.29) is 17.5 Å². The first kappa shape index (κ1) is 26.1. The number of anilines is 1. The molecule has 0 saturated heterocycles. The van der Waals surface area contributed by atoms with Gasteiger partial charge in [0, 0.05) is 46.2 Å². The SMILES string of the molecule is CCC(C)c1cc(/C=C/C(=O)c2ccccc2)cc(C=NCCNc2ccnc3cc(Cl)ccc23)c1O. The highest BCUT2D eigenvalue weighted by molar-refractivity contribution is 6.31. The molecule has 0 amide bonds. The summed E-state index contributed by atoms with van der Waals surface area (Å²) < 4.78 is 0. The van der Waals surface area contributed by atoms with Crippen LogP contribution in [0.3, 0.4) is 0 Å². The zero-order valence-electron chi connectivity index (χ0n) is 21.0. The van der Waals surface area contributed by atoms with Crippen LogP contribution in [0.4, 0.5) is 5.69 Å². The number of carbonyl (C=O) groups excluding carboxylic acids is 1. The minimum absolute atomic E-state index is 0.0639. The van der Waals surface area contributed by atoms with Crippen LogP contribution in [0.25, 0.3) is 17.0 Å². The van der Waals surface area contributed by atoms with Crippen molar-refractivity contribution in [3.8, 4) is 5.75 Å². The quantitative estimate of drug-likeness (QED) is 0.0998. The smallest absolute Gasteiger partial charge is 0.185 e. The van der Waals surface area contributed by atoms with E-state index in [0.29, 0.717) is 29.2 Å². The van der Waals surface area contributed by atoms with Crippen molar-refractivity contribution in [1.29, 1.82) is 0 Å². The normalized spacial score (nSPS) is 12.4. The van der Waals surface area contributed by atoms with Gasteiger partial charge in [-0.2, -0.15) is 0 Å². The molecule has 6 heteroatoms. The molecule has 0 radical (unpaired) electrons. The van der Waals surface area contributed by atoms with Crippen LogP contribution in [0.5, 0.6) is 5.75 Å². The number of pyridine rings is 1. The van der Waals surface area contributed by atoms with Gasteiger partial charge in [0.2, 0.25) is 0 Å². The van der Waals surface area contributed by atoms with E-state index in [1.165, 1.54) is 0 Å². The number of halogens is 1. The fourth-order valence-corrected chi connectivity index (χ4v) is 4.22. The summed E-state index contributed by atoms with van der Waals surface area (Å²) >= 11 is 6.08. The largest absolute Gasteiger partial charge is 0.507 e. The van der Waals surface area contributed by atoms with Crippen LogP contribution in [-0.4, -0.2) is 35.2 Å². The van der Waals surface area contributed by atoms with E-state index in [4.69, 9.17) is 11.6 Å². The molecule has 1 atom stereocenters. The highest BCUT2D eigenvalue weighted by atomic mass is 35.5. The summed E-state index contributed by atoms with van der Waals surface area (Å²) in [7, 11) is 0. The lowest BCUT2D eigenvalue weighted by Gasteiger charge is -2.14. The van der Waals surface area contributed by atoms with Crippen LogP contribution in [0.15, 0.2) is 84.0 Å². The molecule has 0 saturated carbocycles. The summed E-state index contributed by atoms with van der Waals surface area (Å²) in [6.07, 6.45) is 7.69. The van der Waals surface area contributed by atoms with Crippen molar-refractivity contribution in [2.24, 2.45) is 4.99 Å². The summed E-state index contributed by atoms with van der Waals surface area (Å²) in [6, 6.07) is 20.5. The van der Waals surface area contributed by atoms with E-state index in [9.17, 15) is 9.90 Å². The summed E-state index contributed by atoms with van der Waals surface area (Å²) in [4.78, 5) is 21.4. The highest BCUT2D eigenvalue weighted by Gasteiger charge is 2.13. The third-order valence-corrected chi connectivity index (χ3v) is 6.55. The fourth-order valence-electron chi connectivity index (χ4n) is 4.06. The first-order valence-corrected chi connectivity index (χ1v) is 12.8. The Labute approximate surface area is 222 Å². The summed E-state index contributed by atoms with van der Waals surface area (Å²) in [5.41, 5.74) is 4.76. The lowest BCUT2D eigenvalue weighted by Crippen LogP contribution is -2.06. The predicted molar refractivity (Wildman–Crippen MR) is 154 cm³/mol. The number of allylic oxidation sites excluding steroid dienone is 1. The van der Waals surface area contributed by atoms with Crippen LogP contribution in [0.2, 0.25) is 5.02 Å². The molecule has 0 aliphatic carbocycles. The van der Waals surface area contributed by atoms with Crippen LogP contribution in [0, 0.1) is 0 Å². The average Bonchev–Trinajstić information content (AvgIpc) is 2.92. The van der Waals surface area contributed by atoms with Crippen LogP contribution in [0.1, 0.15) is 53.2 Å². The van der Waals surface area contributed by atoms with Gasteiger partial charge in [-0.15, -0.1) is 0 Å². The number of fused-ring (bicyclic) bond motifs is 1. The maximum absolute atomic E-state index is 12.5. The number of aliphatic imine (C=N–C) groups is 1. The van der Waals surface area contributed by atoms with Crippen LogP contribution >= 0.6 is 11.6 Å². The number of aromatic nitrogens is 1. The van der Waals surface area contributed by atoms with E-state index in [0.717, 1.165) is 34.1 Å². The zero-order chi connectivity index (χ0) is 26.2. The van der Waals surface area contributed by atoms with Crippen molar-refractivity contribution < 1.29 is 9.90 Å². The minimum Gasteiger partial charge on any atom is -0.507 e. The third-order valence-electron chi connectivity index (χ3n) is 6.31. The maximum atomic E-state index is 12.5. The molecular weight excluding hydrogens is 482 g/mol. The molecule has 1 heterocycles. The standard InChI is InChI=1S/C31H30ClN3O2/c1-3-21(2)27-18-22(9-12-30(36)23-7-5-4-6-8-23)17-24(31(27)37)20-33-15-16-35-28-13-14-34-29-19-25(32)10-11-26(28)29/h4-14,17-21,37H,3,15-16H2,1-2H3,(H,34,35)/b12-9+,33-20?. The van der Waals surface area contributed by atoms with E-state index in [2.05, 4.69) is 29.1 Å². The number of nitrogens with one attached hydrogen (secondary N) is 1. The Morgan fingerprint density at radius 2 is 1.95 bits per heavy atom. The topological polar surface area (TPSA) is 74.6 Å². The fraction of sp³-hybridized carbons (Fsp3) is 0.194. The summed E-state index contributed by atoms with van der Waals surface area (Å²) in [5.74, 6) is 0.334. The molecule has 0 spiro atoms. The van der Waals surface area contributed by atoms with Gasteiger partial charge in [-0.05, 0) is 65.9 Å². The van der Waals surface area contributed by atoms with Gasteiger partial charge < -0.3 is 10.4 Å². The van der Waals surface area contributed by atoms with E-state index >= 15 is 0 Å². The van der Waals surface area contributed by atoms with Crippen LogP contribution < -0.4 is 5.32 Å². The number of aromatic hydroxyl groups is 1. The van der Waals surface area contributed by atoms with E-state index in [1.54, 1.807) is 36.7 Å².